The maximum Gasteiger partial charge on any atom is 0.269 e. The van der Waals surface area contributed by atoms with Crippen LogP contribution in [0, 0.1) is 0 Å². The van der Waals surface area contributed by atoms with Gasteiger partial charge < -0.3 is 14.2 Å². The van der Waals surface area contributed by atoms with Gasteiger partial charge in [0, 0.05) is 12.0 Å². The van der Waals surface area contributed by atoms with Gasteiger partial charge in [-0.25, -0.2) is 9.67 Å². The van der Waals surface area contributed by atoms with Crippen LogP contribution in [-0.2, 0) is 0 Å². The lowest BCUT2D eigenvalue weighted by Crippen LogP contribution is -2.22. The van der Waals surface area contributed by atoms with Gasteiger partial charge in [-0.15, -0.1) is 0 Å². The van der Waals surface area contributed by atoms with Crippen LogP contribution in [0.5, 0.6) is 17.2 Å². The second-order valence-electron chi connectivity index (χ2n) is 6.01. The Labute approximate surface area is 156 Å². The Morgan fingerprint density at radius 1 is 0.963 bits per heavy atom. The molecule has 2 aromatic carbocycles. The molecule has 0 saturated heterocycles. The lowest BCUT2D eigenvalue weighted by Gasteiger charge is -2.25. The highest BCUT2D eigenvalue weighted by Crippen LogP contribution is 2.40. The molecule has 1 atom stereocenters. The van der Waals surface area contributed by atoms with E-state index in [4.69, 9.17) is 14.2 Å². The zero-order valence-electron chi connectivity index (χ0n) is 15.3. The van der Waals surface area contributed by atoms with Crippen molar-refractivity contribution in [3.8, 4) is 17.2 Å². The molecule has 0 amide bonds. The van der Waals surface area contributed by atoms with E-state index in [9.17, 15) is 0 Å². The highest BCUT2D eigenvalue weighted by atomic mass is 16.5. The van der Waals surface area contributed by atoms with Gasteiger partial charge in [0.1, 0.15) is 5.75 Å². The number of aliphatic imine (C=N–C) groups is 1. The highest BCUT2D eigenvalue weighted by Gasteiger charge is 2.30. The van der Waals surface area contributed by atoms with Crippen LogP contribution >= 0.6 is 0 Å². The molecule has 8 nitrogen and oxygen atoms in total. The molecule has 0 bridgehead atoms. The summed E-state index contributed by atoms with van der Waals surface area (Å²) in [7, 11) is 4.89. The third-order valence-corrected chi connectivity index (χ3v) is 4.61. The lowest BCUT2D eigenvalue weighted by molar-refractivity contribution is 0.345. The molecular weight excluding hydrogens is 346 g/mol. The van der Waals surface area contributed by atoms with Crippen LogP contribution < -0.4 is 14.2 Å². The number of hydrogen-bond donors (Lipinski definition) is 0. The number of ether oxygens (including phenoxy) is 3. The number of tetrazole rings is 1. The Hall–Kier alpha value is -3.42. The number of rotatable bonds is 5. The van der Waals surface area contributed by atoms with E-state index in [-0.39, 0.29) is 6.04 Å². The van der Waals surface area contributed by atoms with Crippen LogP contribution in [0.1, 0.15) is 23.6 Å². The molecule has 0 radical (unpaired) electrons. The summed E-state index contributed by atoms with van der Waals surface area (Å²) >= 11 is 0. The van der Waals surface area contributed by atoms with Gasteiger partial charge in [0.05, 0.1) is 33.1 Å². The van der Waals surface area contributed by atoms with E-state index in [2.05, 4.69) is 20.5 Å². The van der Waals surface area contributed by atoms with Gasteiger partial charge in [-0.05, 0) is 46.3 Å². The Kier molecular flexibility index (Phi) is 4.45. The fourth-order valence-corrected chi connectivity index (χ4v) is 3.28. The summed E-state index contributed by atoms with van der Waals surface area (Å²) in [6.07, 6.45) is 0.619. The average molecular weight is 365 g/mol. The largest absolute Gasteiger partial charge is 0.497 e. The van der Waals surface area contributed by atoms with Crippen LogP contribution in [0.25, 0.3) is 0 Å². The topological polar surface area (TPSA) is 83.7 Å². The van der Waals surface area contributed by atoms with Crippen molar-refractivity contribution in [3.63, 3.8) is 0 Å². The SMILES string of the molecule is COc1ccc(C2=Nc3nnnn3C(c3cccc(OC)c3OC)C2)cc1. The summed E-state index contributed by atoms with van der Waals surface area (Å²) in [6, 6.07) is 13.4. The zero-order chi connectivity index (χ0) is 18.8. The second kappa shape index (κ2) is 7.06. The van der Waals surface area contributed by atoms with Crippen molar-refractivity contribution < 1.29 is 14.2 Å². The van der Waals surface area contributed by atoms with Crippen molar-refractivity contribution in [2.45, 2.75) is 12.5 Å². The van der Waals surface area contributed by atoms with Gasteiger partial charge in [0.15, 0.2) is 11.5 Å². The molecule has 4 rings (SSSR count). The molecule has 3 aromatic rings. The minimum atomic E-state index is -0.158. The number of nitrogens with zero attached hydrogens (tertiary/aromatic N) is 5. The summed E-state index contributed by atoms with van der Waals surface area (Å²) < 4.78 is 18.0. The normalized spacial score (nSPS) is 15.7. The molecule has 8 heteroatoms. The van der Waals surface area contributed by atoms with Crippen LogP contribution in [0.4, 0.5) is 5.95 Å². The lowest BCUT2D eigenvalue weighted by atomic mass is 9.95. The van der Waals surface area contributed by atoms with Gasteiger partial charge in [-0.3, -0.25) is 0 Å². The molecule has 0 spiro atoms. The Morgan fingerprint density at radius 2 is 1.78 bits per heavy atom. The number of para-hydroxylation sites is 1. The molecule has 0 saturated carbocycles. The van der Waals surface area contributed by atoms with Crippen LogP contribution in [0.3, 0.4) is 0 Å². The van der Waals surface area contributed by atoms with Crippen molar-refractivity contribution in [2.75, 3.05) is 21.3 Å². The third kappa shape index (κ3) is 2.99. The van der Waals surface area contributed by atoms with Gasteiger partial charge >= 0.3 is 0 Å². The van der Waals surface area contributed by atoms with E-state index in [1.165, 1.54) is 0 Å². The van der Waals surface area contributed by atoms with Crippen molar-refractivity contribution >= 4 is 11.7 Å². The molecule has 0 fully saturated rings. The van der Waals surface area contributed by atoms with Gasteiger partial charge in [0.25, 0.3) is 5.95 Å². The summed E-state index contributed by atoms with van der Waals surface area (Å²) in [5.41, 5.74) is 2.83. The number of aromatic nitrogens is 4. The Balaban J connectivity index is 1.79. The Bertz CT molecular complexity index is 981. The van der Waals surface area contributed by atoms with Crippen molar-refractivity contribution in [2.24, 2.45) is 4.99 Å². The molecule has 138 valence electrons. The van der Waals surface area contributed by atoms with Gasteiger partial charge in [-0.1, -0.05) is 17.2 Å². The average Bonchev–Trinajstić information content (AvgIpc) is 3.21. The molecule has 27 heavy (non-hydrogen) atoms. The minimum Gasteiger partial charge on any atom is -0.497 e. The first-order chi connectivity index (χ1) is 13.2. The molecule has 1 aliphatic heterocycles. The fourth-order valence-electron chi connectivity index (χ4n) is 3.28. The van der Waals surface area contributed by atoms with Crippen LogP contribution in [0.15, 0.2) is 47.5 Å². The van der Waals surface area contributed by atoms with E-state index < -0.39 is 0 Å². The molecule has 1 aliphatic rings. The number of hydrogen-bond acceptors (Lipinski definition) is 7. The minimum absolute atomic E-state index is 0.158. The first-order valence-electron chi connectivity index (χ1n) is 8.46. The maximum atomic E-state index is 5.62. The van der Waals surface area contributed by atoms with E-state index in [1.54, 1.807) is 26.0 Å². The van der Waals surface area contributed by atoms with Crippen molar-refractivity contribution in [1.82, 2.24) is 20.2 Å². The predicted molar refractivity (Wildman–Crippen MR) is 99.3 cm³/mol. The number of methoxy groups -OCH3 is 3. The third-order valence-electron chi connectivity index (χ3n) is 4.61. The van der Waals surface area contributed by atoms with E-state index in [0.29, 0.717) is 23.9 Å². The zero-order valence-corrected chi connectivity index (χ0v) is 15.3. The summed E-state index contributed by atoms with van der Waals surface area (Å²) in [5, 5.41) is 12.0. The quantitative estimate of drug-likeness (QED) is 0.691. The fraction of sp³-hybridized carbons (Fsp3) is 0.263. The second-order valence-corrected chi connectivity index (χ2v) is 6.01. The monoisotopic (exact) mass is 365 g/mol. The Morgan fingerprint density at radius 3 is 2.48 bits per heavy atom. The molecule has 0 N–H and O–H groups in total. The molecule has 1 aromatic heterocycles. The maximum absolute atomic E-state index is 5.62. The molecular formula is C19H19N5O3. The summed E-state index contributed by atoms with van der Waals surface area (Å²) in [6.45, 7) is 0. The van der Waals surface area contributed by atoms with E-state index >= 15 is 0 Å². The van der Waals surface area contributed by atoms with Crippen LogP contribution in [0.2, 0.25) is 0 Å². The molecule has 2 heterocycles. The van der Waals surface area contributed by atoms with Crippen molar-refractivity contribution in [1.29, 1.82) is 0 Å². The first-order valence-corrected chi connectivity index (χ1v) is 8.46. The molecule has 1 unspecified atom stereocenters. The van der Waals surface area contributed by atoms with Crippen molar-refractivity contribution in [3.05, 3.63) is 53.6 Å². The standard InChI is InChI=1S/C19H19N5O3/c1-25-13-9-7-12(8-10-13)15-11-16(24-19(20-15)21-22-23-24)14-5-4-6-17(26-2)18(14)27-3/h4-10,16H,11H2,1-3H3. The molecule has 0 aliphatic carbocycles. The smallest absolute Gasteiger partial charge is 0.269 e. The van der Waals surface area contributed by atoms with E-state index in [1.807, 2.05) is 42.5 Å². The summed E-state index contributed by atoms with van der Waals surface area (Å²) in [4.78, 5) is 4.64. The summed E-state index contributed by atoms with van der Waals surface area (Å²) in [5.74, 6) is 2.59. The first kappa shape index (κ1) is 17.0. The number of benzene rings is 2. The van der Waals surface area contributed by atoms with Gasteiger partial charge in [0.2, 0.25) is 0 Å². The van der Waals surface area contributed by atoms with Gasteiger partial charge in [-0.2, -0.15) is 0 Å². The number of fused-ring (bicyclic) bond motifs is 1. The van der Waals surface area contributed by atoms with E-state index in [0.717, 1.165) is 22.6 Å². The van der Waals surface area contributed by atoms with Crippen LogP contribution in [-0.4, -0.2) is 47.2 Å². The predicted octanol–water partition coefficient (Wildman–Crippen LogP) is 2.81. The highest BCUT2D eigenvalue weighted by molar-refractivity contribution is 6.02.